The minimum atomic E-state index is 0.582. The molecule has 2 aromatic carbocycles. The molecule has 0 aliphatic heterocycles. The van der Waals surface area contributed by atoms with Crippen molar-refractivity contribution < 1.29 is 0 Å². The number of hydrogen-bond acceptors (Lipinski definition) is 1. The monoisotopic (exact) mass is 334 g/mol. The van der Waals surface area contributed by atoms with Crippen molar-refractivity contribution in [1.82, 2.24) is 9.55 Å². The summed E-state index contributed by atoms with van der Waals surface area (Å²) < 4.78 is 2.32. The number of benzene rings is 2. The van der Waals surface area contributed by atoms with Gasteiger partial charge in [0.25, 0.3) is 0 Å². The maximum absolute atomic E-state index is 6.64. The number of pyridine rings is 1. The van der Waals surface area contributed by atoms with Gasteiger partial charge in [-0.1, -0.05) is 73.5 Å². The molecule has 0 saturated heterocycles. The summed E-state index contributed by atoms with van der Waals surface area (Å²) in [5, 5.41) is 3.00. The zero-order chi connectivity index (χ0) is 16.5. The summed E-state index contributed by atoms with van der Waals surface area (Å²) in [6.45, 7) is 3.17. The third-order valence-corrected chi connectivity index (χ3v) is 4.77. The Morgan fingerprint density at radius 2 is 1.71 bits per heavy atom. The highest BCUT2D eigenvalue weighted by molar-refractivity contribution is 6.35. The van der Waals surface area contributed by atoms with Crippen LogP contribution in [0.3, 0.4) is 0 Å². The van der Waals surface area contributed by atoms with Crippen LogP contribution in [0.1, 0.15) is 19.8 Å². The van der Waals surface area contributed by atoms with E-state index in [2.05, 4.69) is 58.9 Å². The number of para-hydroxylation sites is 1. The molecule has 0 spiro atoms. The maximum atomic E-state index is 6.64. The highest BCUT2D eigenvalue weighted by Crippen LogP contribution is 2.35. The smallest absolute Gasteiger partial charge is 0.154 e. The van der Waals surface area contributed by atoms with Gasteiger partial charge >= 0.3 is 0 Å². The average Bonchev–Trinajstić information content (AvgIpc) is 2.95. The third-order valence-electron chi connectivity index (χ3n) is 4.51. The second-order valence-corrected chi connectivity index (χ2v) is 6.44. The van der Waals surface area contributed by atoms with Crippen molar-refractivity contribution in [2.45, 2.75) is 26.3 Å². The summed E-state index contributed by atoms with van der Waals surface area (Å²) in [6, 6.07) is 20.9. The number of aromatic nitrogens is 2. The van der Waals surface area contributed by atoms with E-state index in [-0.39, 0.29) is 0 Å². The molecular weight excluding hydrogens is 316 g/mol. The number of nitrogens with zero attached hydrogens (tertiary/aromatic N) is 2. The fourth-order valence-electron chi connectivity index (χ4n) is 3.33. The largest absolute Gasteiger partial charge is 0.338 e. The predicted octanol–water partition coefficient (Wildman–Crippen LogP) is 6.31. The van der Waals surface area contributed by atoms with Crippen LogP contribution < -0.4 is 0 Å². The van der Waals surface area contributed by atoms with E-state index in [1.54, 1.807) is 0 Å². The Bertz CT molecular complexity index is 1000. The van der Waals surface area contributed by atoms with Crippen LogP contribution in [0.25, 0.3) is 33.1 Å². The lowest BCUT2D eigenvalue weighted by Crippen LogP contribution is -1.98. The molecule has 0 aliphatic rings. The van der Waals surface area contributed by atoms with E-state index in [0.29, 0.717) is 5.15 Å². The molecule has 2 nitrogen and oxygen atoms in total. The van der Waals surface area contributed by atoms with E-state index < -0.39 is 0 Å². The van der Waals surface area contributed by atoms with Crippen molar-refractivity contribution in [1.29, 1.82) is 0 Å². The Hall–Kier alpha value is -2.32. The maximum Gasteiger partial charge on any atom is 0.154 e. The molecule has 2 heterocycles. The summed E-state index contributed by atoms with van der Waals surface area (Å²) in [4.78, 5) is 4.68. The van der Waals surface area contributed by atoms with Crippen molar-refractivity contribution in [2.75, 3.05) is 0 Å². The third kappa shape index (κ3) is 2.47. The predicted molar refractivity (Wildman–Crippen MR) is 103 cm³/mol. The number of aryl methyl sites for hydroxylation is 1. The summed E-state index contributed by atoms with van der Waals surface area (Å²) >= 11 is 6.64. The first-order valence-electron chi connectivity index (χ1n) is 8.42. The molecule has 4 rings (SSSR count). The van der Waals surface area contributed by atoms with Crippen LogP contribution in [-0.4, -0.2) is 9.55 Å². The molecule has 24 heavy (non-hydrogen) atoms. The minimum absolute atomic E-state index is 0.582. The van der Waals surface area contributed by atoms with Gasteiger partial charge in [-0.15, -0.1) is 0 Å². The van der Waals surface area contributed by atoms with E-state index in [1.807, 2.05) is 18.2 Å². The average molecular weight is 335 g/mol. The van der Waals surface area contributed by atoms with Crippen molar-refractivity contribution in [3.05, 3.63) is 65.8 Å². The van der Waals surface area contributed by atoms with Crippen molar-refractivity contribution in [3.8, 4) is 11.3 Å². The molecule has 0 aliphatic carbocycles. The quantitative estimate of drug-likeness (QED) is 0.400. The minimum Gasteiger partial charge on any atom is -0.338 e. The molecule has 4 aromatic rings. The summed E-state index contributed by atoms with van der Waals surface area (Å²) in [5.74, 6) is 0. The normalized spacial score (nSPS) is 11.4. The van der Waals surface area contributed by atoms with Crippen LogP contribution in [0.15, 0.2) is 60.7 Å². The molecule has 0 bridgehead atoms. The summed E-state index contributed by atoms with van der Waals surface area (Å²) in [7, 11) is 0. The molecular formula is C21H19ClN2. The molecule has 0 radical (unpaired) electrons. The van der Waals surface area contributed by atoms with Crippen LogP contribution in [0.2, 0.25) is 5.15 Å². The van der Waals surface area contributed by atoms with E-state index in [4.69, 9.17) is 11.6 Å². The molecule has 0 saturated carbocycles. The second-order valence-electron chi connectivity index (χ2n) is 6.08. The van der Waals surface area contributed by atoms with Gasteiger partial charge in [0.15, 0.2) is 5.15 Å². The van der Waals surface area contributed by atoms with Gasteiger partial charge in [-0.2, -0.15) is 0 Å². The molecule has 0 atom stereocenters. The van der Waals surface area contributed by atoms with Crippen LogP contribution in [0.5, 0.6) is 0 Å². The zero-order valence-electron chi connectivity index (χ0n) is 13.7. The van der Waals surface area contributed by atoms with Crippen LogP contribution >= 0.6 is 11.6 Å². The number of unbranched alkanes of at least 4 members (excludes halogenated alkanes) is 1. The van der Waals surface area contributed by atoms with E-state index in [9.17, 15) is 0 Å². The number of halogens is 1. The second kappa shape index (κ2) is 6.29. The fourth-order valence-corrected chi connectivity index (χ4v) is 3.63. The Morgan fingerprint density at radius 1 is 0.958 bits per heavy atom. The first-order valence-corrected chi connectivity index (χ1v) is 8.80. The topological polar surface area (TPSA) is 17.8 Å². The van der Waals surface area contributed by atoms with Gasteiger partial charge in [0, 0.05) is 28.4 Å². The Kier molecular flexibility index (Phi) is 3.99. The zero-order valence-corrected chi connectivity index (χ0v) is 14.4. The van der Waals surface area contributed by atoms with Gasteiger partial charge in [0.1, 0.15) is 0 Å². The van der Waals surface area contributed by atoms with Gasteiger partial charge in [-0.25, -0.2) is 4.98 Å². The molecule has 3 heteroatoms. The van der Waals surface area contributed by atoms with Crippen molar-refractivity contribution in [2.24, 2.45) is 0 Å². The molecule has 0 unspecified atom stereocenters. The lowest BCUT2D eigenvalue weighted by atomic mass is 10.1. The molecule has 2 aromatic heterocycles. The number of rotatable bonds is 4. The van der Waals surface area contributed by atoms with Crippen LogP contribution in [-0.2, 0) is 6.54 Å². The summed E-state index contributed by atoms with van der Waals surface area (Å²) in [5.41, 5.74) is 4.29. The lowest BCUT2D eigenvalue weighted by Gasteiger charge is -2.08. The van der Waals surface area contributed by atoms with E-state index >= 15 is 0 Å². The number of fused-ring (bicyclic) bond motifs is 3. The number of hydrogen-bond donors (Lipinski definition) is 0. The molecule has 0 fully saturated rings. The standard InChI is InChI=1S/C21H19ClN2/c1-2-3-13-24-19-12-8-7-11-16(19)17-14-18(23-21(22)20(17)24)15-9-5-4-6-10-15/h4-12,14H,2-3,13H2,1H3. The highest BCUT2D eigenvalue weighted by atomic mass is 35.5. The summed E-state index contributed by atoms with van der Waals surface area (Å²) in [6.07, 6.45) is 2.28. The van der Waals surface area contributed by atoms with Gasteiger partial charge < -0.3 is 4.57 Å². The first kappa shape index (κ1) is 15.2. The Labute approximate surface area is 146 Å². The Balaban J connectivity index is 2.03. The lowest BCUT2D eigenvalue weighted by molar-refractivity contribution is 0.664. The van der Waals surface area contributed by atoms with E-state index in [1.165, 1.54) is 16.3 Å². The van der Waals surface area contributed by atoms with Crippen LogP contribution in [0, 0.1) is 0 Å². The molecule has 0 N–H and O–H groups in total. The van der Waals surface area contributed by atoms with E-state index in [0.717, 1.165) is 36.2 Å². The van der Waals surface area contributed by atoms with Crippen molar-refractivity contribution in [3.63, 3.8) is 0 Å². The Morgan fingerprint density at radius 3 is 2.50 bits per heavy atom. The fraction of sp³-hybridized carbons (Fsp3) is 0.190. The first-order chi connectivity index (χ1) is 11.8. The molecule has 0 amide bonds. The van der Waals surface area contributed by atoms with Gasteiger partial charge in [-0.05, 0) is 18.6 Å². The SMILES string of the molecule is CCCCn1c2ccccc2c2cc(-c3ccccc3)nc(Cl)c21. The van der Waals surface area contributed by atoms with Gasteiger partial charge in [0.05, 0.1) is 11.2 Å². The molecule has 120 valence electrons. The highest BCUT2D eigenvalue weighted by Gasteiger charge is 2.15. The van der Waals surface area contributed by atoms with Crippen LogP contribution in [0.4, 0.5) is 0 Å². The van der Waals surface area contributed by atoms with Gasteiger partial charge in [0.2, 0.25) is 0 Å². The van der Waals surface area contributed by atoms with Crippen molar-refractivity contribution >= 4 is 33.4 Å². The van der Waals surface area contributed by atoms with Gasteiger partial charge in [-0.3, -0.25) is 0 Å².